The Morgan fingerprint density at radius 2 is 2.18 bits per heavy atom. The van der Waals surface area contributed by atoms with Gasteiger partial charge in [-0.15, -0.1) is 0 Å². The fourth-order valence-corrected chi connectivity index (χ4v) is 0.557. The van der Waals surface area contributed by atoms with Gasteiger partial charge in [0.1, 0.15) is 5.83 Å². The molecule has 0 fully saturated rings. The van der Waals surface area contributed by atoms with E-state index in [1.165, 1.54) is 19.1 Å². The number of hydrogen-bond donors (Lipinski definition) is 1. The molecular formula is C8H9FO2. The Balaban J connectivity index is 4.67. The van der Waals surface area contributed by atoms with Crippen molar-refractivity contribution < 1.29 is 14.3 Å². The van der Waals surface area contributed by atoms with Crippen molar-refractivity contribution in [3.8, 4) is 0 Å². The van der Waals surface area contributed by atoms with Crippen molar-refractivity contribution in [2.75, 3.05) is 0 Å². The first-order valence-corrected chi connectivity index (χ1v) is 3.01. The Hall–Kier alpha value is -1.38. The van der Waals surface area contributed by atoms with E-state index in [-0.39, 0.29) is 5.57 Å². The molecule has 0 aromatic rings. The molecule has 0 aliphatic carbocycles. The van der Waals surface area contributed by atoms with Crippen LogP contribution in [0.2, 0.25) is 0 Å². The molecule has 0 aromatic carbocycles. The van der Waals surface area contributed by atoms with E-state index in [2.05, 4.69) is 6.58 Å². The van der Waals surface area contributed by atoms with Crippen molar-refractivity contribution in [1.82, 2.24) is 0 Å². The van der Waals surface area contributed by atoms with Crippen LogP contribution in [0, 0.1) is 0 Å². The quantitative estimate of drug-likeness (QED) is 0.501. The van der Waals surface area contributed by atoms with Crippen LogP contribution in [0.5, 0.6) is 0 Å². The summed E-state index contributed by atoms with van der Waals surface area (Å²) in [4.78, 5) is 10.3. The van der Waals surface area contributed by atoms with Crippen LogP contribution >= 0.6 is 0 Å². The molecule has 0 rings (SSSR count). The van der Waals surface area contributed by atoms with Crippen LogP contribution in [0.1, 0.15) is 6.92 Å². The number of hydrogen-bond acceptors (Lipinski definition) is 1. The summed E-state index contributed by atoms with van der Waals surface area (Å²) in [6.45, 7) is 4.70. The van der Waals surface area contributed by atoms with E-state index < -0.39 is 11.8 Å². The maximum absolute atomic E-state index is 12.7. The second kappa shape index (κ2) is 4.44. The number of carbonyl (C=O) groups is 1. The minimum atomic E-state index is -1.27. The molecule has 0 heterocycles. The highest BCUT2D eigenvalue weighted by Crippen LogP contribution is 2.10. The zero-order valence-electron chi connectivity index (χ0n) is 6.17. The summed E-state index contributed by atoms with van der Waals surface area (Å²) in [5, 5.41) is 8.39. The van der Waals surface area contributed by atoms with E-state index in [0.717, 1.165) is 6.08 Å². The molecule has 0 aromatic heterocycles. The monoisotopic (exact) mass is 156 g/mol. The average Bonchev–Trinajstić information content (AvgIpc) is 1.88. The van der Waals surface area contributed by atoms with Crippen LogP contribution < -0.4 is 0 Å². The van der Waals surface area contributed by atoms with E-state index in [1.807, 2.05) is 0 Å². The highest BCUT2D eigenvalue weighted by Gasteiger charge is 2.09. The summed E-state index contributed by atoms with van der Waals surface area (Å²) >= 11 is 0. The van der Waals surface area contributed by atoms with E-state index >= 15 is 0 Å². The van der Waals surface area contributed by atoms with E-state index in [0.29, 0.717) is 0 Å². The first-order valence-electron chi connectivity index (χ1n) is 3.01. The lowest BCUT2D eigenvalue weighted by Gasteiger charge is -1.94. The Kier molecular flexibility index (Phi) is 3.88. The number of allylic oxidation sites excluding steroid dienone is 3. The van der Waals surface area contributed by atoms with Gasteiger partial charge in [0, 0.05) is 0 Å². The summed E-state index contributed by atoms with van der Waals surface area (Å²) in [5.41, 5.74) is -0.343. The van der Waals surface area contributed by atoms with Gasteiger partial charge in [-0.3, -0.25) is 0 Å². The Labute approximate surface area is 64.3 Å². The SMILES string of the molecule is C=C/C=C(F)\C(=C/C)C(=O)O. The summed E-state index contributed by atoms with van der Waals surface area (Å²) in [6, 6.07) is 0. The highest BCUT2D eigenvalue weighted by atomic mass is 19.1. The van der Waals surface area contributed by atoms with Gasteiger partial charge in [0.25, 0.3) is 0 Å². The molecule has 0 spiro atoms. The van der Waals surface area contributed by atoms with Gasteiger partial charge in [-0.25, -0.2) is 9.18 Å². The molecule has 0 atom stereocenters. The first-order chi connectivity index (χ1) is 5.13. The van der Waals surface area contributed by atoms with Crippen LogP contribution in [0.3, 0.4) is 0 Å². The Morgan fingerprint density at radius 3 is 2.45 bits per heavy atom. The maximum Gasteiger partial charge on any atom is 0.338 e. The summed E-state index contributed by atoms with van der Waals surface area (Å²) in [5.74, 6) is -2.06. The molecule has 0 bridgehead atoms. The molecule has 0 amide bonds. The number of rotatable bonds is 3. The number of carboxylic acid groups (broad SMARTS) is 1. The largest absolute Gasteiger partial charge is 0.478 e. The molecule has 60 valence electrons. The maximum atomic E-state index is 12.7. The standard InChI is InChI=1S/C8H9FO2/c1-3-5-7(9)6(4-2)8(10)11/h3-5H,1H2,2H3,(H,10,11)/b6-4+,7-5+. The minimum absolute atomic E-state index is 0.343. The van der Waals surface area contributed by atoms with Crippen molar-refractivity contribution in [3.63, 3.8) is 0 Å². The molecule has 0 saturated heterocycles. The van der Waals surface area contributed by atoms with Crippen LogP contribution in [0.25, 0.3) is 0 Å². The van der Waals surface area contributed by atoms with Crippen molar-refractivity contribution in [3.05, 3.63) is 36.2 Å². The highest BCUT2D eigenvalue weighted by molar-refractivity contribution is 5.90. The number of aliphatic carboxylic acids is 1. The fraction of sp³-hybridized carbons (Fsp3) is 0.125. The Bertz CT molecular complexity index is 226. The smallest absolute Gasteiger partial charge is 0.338 e. The lowest BCUT2D eigenvalue weighted by atomic mass is 10.2. The van der Waals surface area contributed by atoms with Crippen LogP contribution in [-0.4, -0.2) is 11.1 Å². The van der Waals surface area contributed by atoms with Crippen molar-refractivity contribution in [2.45, 2.75) is 6.92 Å². The average molecular weight is 156 g/mol. The minimum Gasteiger partial charge on any atom is -0.478 e. The normalized spacial score (nSPS) is 12.9. The van der Waals surface area contributed by atoms with Crippen LogP contribution in [0.15, 0.2) is 36.2 Å². The zero-order chi connectivity index (χ0) is 8.85. The summed E-state index contributed by atoms with van der Waals surface area (Å²) < 4.78 is 12.7. The van der Waals surface area contributed by atoms with E-state index in [4.69, 9.17) is 5.11 Å². The molecule has 0 radical (unpaired) electrons. The molecule has 11 heavy (non-hydrogen) atoms. The molecule has 0 aliphatic heterocycles. The third-order valence-electron chi connectivity index (χ3n) is 1.04. The molecule has 1 N–H and O–H groups in total. The molecule has 2 nitrogen and oxygen atoms in total. The lowest BCUT2D eigenvalue weighted by Crippen LogP contribution is -2.00. The summed E-state index contributed by atoms with van der Waals surface area (Å²) in [6.07, 6.45) is 3.39. The predicted octanol–water partition coefficient (Wildman–Crippen LogP) is 2.06. The topological polar surface area (TPSA) is 37.3 Å². The van der Waals surface area contributed by atoms with Gasteiger partial charge >= 0.3 is 5.97 Å². The van der Waals surface area contributed by atoms with Gasteiger partial charge in [-0.05, 0) is 13.0 Å². The molecular weight excluding hydrogens is 147 g/mol. The van der Waals surface area contributed by atoms with Crippen molar-refractivity contribution >= 4 is 5.97 Å². The predicted molar refractivity (Wildman–Crippen MR) is 40.8 cm³/mol. The zero-order valence-corrected chi connectivity index (χ0v) is 6.17. The lowest BCUT2D eigenvalue weighted by molar-refractivity contribution is -0.132. The van der Waals surface area contributed by atoms with Gasteiger partial charge in [0.2, 0.25) is 0 Å². The van der Waals surface area contributed by atoms with Gasteiger partial charge in [0.15, 0.2) is 0 Å². The van der Waals surface area contributed by atoms with Gasteiger partial charge in [-0.2, -0.15) is 0 Å². The van der Waals surface area contributed by atoms with Crippen molar-refractivity contribution in [2.24, 2.45) is 0 Å². The van der Waals surface area contributed by atoms with Crippen molar-refractivity contribution in [1.29, 1.82) is 0 Å². The number of carboxylic acids is 1. The second-order valence-electron chi connectivity index (χ2n) is 1.76. The number of halogens is 1. The molecule has 0 aliphatic rings. The third kappa shape index (κ3) is 2.80. The summed E-state index contributed by atoms with van der Waals surface area (Å²) in [7, 11) is 0. The Morgan fingerprint density at radius 1 is 1.64 bits per heavy atom. The third-order valence-corrected chi connectivity index (χ3v) is 1.04. The second-order valence-corrected chi connectivity index (χ2v) is 1.76. The van der Waals surface area contributed by atoms with E-state index in [1.54, 1.807) is 0 Å². The van der Waals surface area contributed by atoms with Gasteiger partial charge in [-0.1, -0.05) is 18.7 Å². The molecule has 0 unspecified atom stereocenters. The van der Waals surface area contributed by atoms with Crippen LogP contribution in [-0.2, 0) is 4.79 Å². The van der Waals surface area contributed by atoms with Gasteiger partial charge < -0.3 is 5.11 Å². The molecule has 0 saturated carbocycles. The van der Waals surface area contributed by atoms with E-state index in [9.17, 15) is 9.18 Å². The fourth-order valence-electron chi connectivity index (χ4n) is 0.557. The van der Waals surface area contributed by atoms with Gasteiger partial charge in [0.05, 0.1) is 5.57 Å². The first kappa shape index (κ1) is 9.62. The molecule has 3 heteroatoms. The van der Waals surface area contributed by atoms with Crippen LogP contribution in [0.4, 0.5) is 4.39 Å².